The Morgan fingerprint density at radius 3 is 2.12 bits per heavy atom. The van der Waals surface area contributed by atoms with E-state index in [9.17, 15) is 35.9 Å². The molecule has 0 atom stereocenters. The smallest absolute Gasteiger partial charge is 0.422 e. The molecule has 144 valence electrons. The van der Waals surface area contributed by atoms with Crippen molar-refractivity contribution in [1.29, 1.82) is 0 Å². The zero-order valence-corrected chi connectivity index (χ0v) is 12.9. The molecule has 0 saturated carbocycles. The number of benzene rings is 1. The molecule has 26 heavy (non-hydrogen) atoms. The van der Waals surface area contributed by atoms with E-state index in [0.717, 1.165) is 18.2 Å². The summed E-state index contributed by atoms with van der Waals surface area (Å²) >= 11 is 0. The van der Waals surface area contributed by atoms with Crippen LogP contribution in [0.2, 0.25) is 0 Å². The number of halogens is 6. The predicted octanol–water partition coefficient (Wildman–Crippen LogP) is 3.48. The first-order valence-electron chi connectivity index (χ1n) is 6.78. The molecule has 1 rings (SSSR count). The summed E-state index contributed by atoms with van der Waals surface area (Å²) in [6.07, 6.45) is -8.29. The largest absolute Gasteiger partial charge is 0.484 e. The fourth-order valence-corrected chi connectivity index (χ4v) is 1.54. The average molecular weight is 386 g/mol. The van der Waals surface area contributed by atoms with E-state index in [0.29, 0.717) is 6.07 Å². The number of alkyl halides is 6. The second-order valence-electron chi connectivity index (χ2n) is 4.68. The molecule has 0 N–H and O–H groups in total. The highest BCUT2D eigenvalue weighted by atomic mass is 19.4. The Labute approximate surface area is 143 Å². The molecule has 0 aliphatic carbocycles. The fourth-order valence-electron chi connectivity index (χ4n) is 1.54. The average Bonchev–Trinajstić information content (AvgIpc) is 2.54. The van der Waals surface area contributed by atoms with Crippen LogP contribution in [0.3, 0.4) is 0 Å². The number of ketones is 1. The van der Waals surface area contributed by atoms with E-state index in [1.54, 1.807) is 0 Å². The molecular formula is C15H12F6O5. The maximum Gasteiger partial charge on any atom is 0.422 e. The third-order valence-electron chi connectivity index (χ3n) is 2.51. The summed E-state index contributed by atoms with van der Waals surface area (Å²) in [6.45, 7) is -0.602. The number of esters is 1. The summed E-state index contributed by atoms with van der Waals surface area (Å²) in [5, 5.41) is 0. The van der Waals surface area contributed by atoms with Crippen LogP contribution in [0.25, 0.3) is 0 Å². The van der Waals surface area contributed by atoms with Crippen molar-refractivity contribution in [2.45, 2.75) is 12.4 Å². The molecule has 0 unspecified atom stereocenters. The van der Waals surface area contributed by atoms with Gasteiger partial charge in [0, 0.05) is 0 Å². The molecule has 1 aromatic rings. The fraction of sp³-hybridized carbons (Fsp3) is 0.333. The number of rotatable bonds is 8. The van der Waals surface area contributed by atoms with Gasteiger partial charge in [-0.1, -0.05) is 12.7 Å². The number of carbonyl (C=O) groups excluding carboxylic acids is 2. The van der Waals surface area contributed by atoms with Crippen molar-refractivity contribution < 1.29 is 50.1 Å². The van der Waals surface area contributed by atoms with E-state index in [4.69, 9.17) is 0 Å². The Bertz CT molecular complexity index is 665. The van der Waals surface area contributed by atoms with Crippen LogP contribution >= 0.6 is 0 Å². The normalized spacial score (nSPS) is 11.6. The molecule has 0 heterocycles. The van der Waals surface area contributed by atoms with Gasteiger partial charge in [0.1, 0.15) is 18.1 Å². The van der Waals surface area contributed by atoms with Crippen LogP contribution in [-0.2, 0) is 9.53 Å². The Balaban J connectivity index is 3.10. The summed E-state index contributed by atoms with van der Waals surface area (Å²) in [7, 11) is 0. The lowest BCUT2D eigenvalue weighted by Gasteiger charge is -2.14. The van der Waals surface area contributed by atoms with Gasteiger partial charge in [0.05, 0.1) is 5.56 Å². The molecule has 0 aliphatic rings. The quantitative estimate of drug-likeness (QED) is 0.225. The van der Waals surface area contributed by atoms with Crippen molar-refractivity contribution in [3.63, 3.8) is 0 Å². The first kappa shape index (κ1) is 21.3. The lowest BCUT2D eigenvalue weighted by molar-refractivity contribution is -0.154. The summed E-state index contributed by atoms with van der Waals surface area (Å²) in [5.41, 5.74) is -0.733. The van der Waals surface area contributed by atoms with Gasteiger partial charge in [0.2, 0.25) is 0 Å². The second-order valence-corrected chi connectivity index (χ2v) is 4.68. The van der Waals surface area contributed by atoms with E-state index >= 15 is 0 Å². The number of Topliss-reactive ketones (excluding diaryl/α,β-unsaturated/α-hetero) is 1. The molecule has 0 aliphatic heterocycles. The molecule has 0 aromatic heterocycles. The van der Waals surface area contributed by atoms with Crippen LogP contribution in [0.5, 0.6) is 11.5 Å². The highest BCUT2D eigenvalue weighted by Crippen LogP contribution is 2.28. The minimum atomic E-state index is -4.74. The van der Waals surface area contributed by atoms with Gasteiger partial charge in [-0.05, 0) is 18.2 Å². The number of hydrogen-bond acceptors (Lipinski definition) is 5. The number of carbonyl (C=O) groups is 2. The van der Waals surface area contributed by atoms with E-state index in [1.807, 2.05) is 0 Å². The molecule has 0 saturated heterocycles. The Hall–Kier alpha value is -2.72. The molecule has 0 bridgehead atoms. The van der Waals surface area contributed by atoms with Crippen LogP contribution in [0, 0.1) is 0 Å². The molecule has 0 spiro atoms. The van der Waals surface area contributed by atoms with Crippen LogP contribution < -0.4 is 9.47 Å². The summed E-state index contributed by atoms with van der Waals surface area (Å²) in [6, 6.07) is 2.31. The summed E-state index contributed by atoms with van der Waals surface area (Å²) in [4.78, 5) is 23.6. The minimum absolute atomic E-state index is 0.354. The third kappa shape index (κ3) is 7.45. The van der Waals surface area contributed by atoms with Crippen molar-refractivity contribution in [2.24, 2.45) is 0 Å². The van der Waals surface area contributed by atoms with E-state index in [2.05, 4.69) is 20.8 Å². The lowest BCUT2D eigenvalue weighted by atomic mass is 10.1. The summed E-state index contributed by atoms with van der Waals surface area (Å²) in [5.74, 6) is -4.03. The highest BCUT2D eigenvalue weighted by molar-refractivity contribution is 6.41. The van der Waals surface area contributed by atoms with Crippen LogP contribution in [-0.4, -0.2) is 43.9 Å². The molecule has 0 radical (unpaired) electrons. The Kier molecular flexibility index (Phi) is 7.04. The second kappa shape index (κ2) is 8.59. The van der Waals surface area contributed by atoms with Gasteiger partial charge < -0.3 is 14.2 Å². The molecule has 0 amide bonds. The van der Waals surface area contributed by atoms with Gasteiger partial charge in [0.15, 0.2) is 13.2 Å². The van der Waals surface area contributed by atoms with Crippen LogP contribution in [0.1, 0.15) is 10.4 Å². The van der Waals surface area contributed by atoms with E-state index in [-0.39, 0.29) is 6.61 Å². The van der Waals surface area contributed by atoms with Crippen LogP contribution in [0.15, 0.2) is 30.9 Å². The maximum absolute atomic E-state index is 12.3. The van der Waals surface area contributed by atoms with Crippen LogP contribution in [0.4, 0.5) is 26.3 Å². The molecule has 0 fully saturated rings. The van der Waals surface area contributed by atoms with Gasteiger partial charge in [-0.2, -0.15) is 26.3 Å². The Morgan fingerprint density at radius 1 is 1.00 bits per heavy atom. The predicted molar refractivity (Wildman–Crippen MR) is 75.0 cm³/mol. The SMILES string of the molecule is C=CCOC(=O)C(=O)c1cc(OCC(F)(F)F)ccc1OCC(F)(F)F. The standard InChI is InChI=1S/C15H12F6O5/c1-2-5-24-13(23)12(22)10-6-9(25-7-14(16,17)18)3-4-11(10)26-8-15(19,20)21/h2-4,6H,1,5,7-8H2. The minimum Gasteiger partial charge on any atom is -0.484 e. The van der Waals surface area contributed by atoms with Crippen molar-refractivity contribution in [3.8, 4) is 11.5 Å². The lowest BCUT2D eigenvalue weighted by Crippen LogP contribution is -2.23. The first-order chi connectivity index (χ1) is 11.9. The first-order valence-corrected chi connectivity index (χ1v) is 6.78. The van der Waals surface area contributed by atoms with Gasteiger partial charge >= 0.3 is 18.3 Å². The van der Waals surface area contributed by atoms with Gasteiger partial charge in [-0.3, -0.25) is 4.79 Å². The number of ether oxygens (including phenoxy) is 3. The van der Waals surface area contributed by atoms with E-state index in [1.165, 1.54) is 0 Å². The van der Waals surface area contributed by atoms with Gasteiger partial charge in [0.25, 0.3) is 5.78 Å². The summed E-state index contributed by atoms with van der Waals surface area (Å²) < 4.78 is 86.6. The van der Waals surface area contributed by atoms with Gasteiger partial charge in [-0.15, -0.1) is 0 Å². The zero-order valence-electron chi connectivity index (χ0n) is 12.9. The Morgan fingerprint density at radius 2 is 1.58 bits per heavy atom. The van der Waals surface area contributed by atoms with Crippen molar-refractivity contribution in [2.75, 3.05) is 19.8 Å². The zero-order chi connectivity index (χ0) is 20.0. The van der Waals surface area contributed by atoms with E-state index < -0.39 is 54.4 Å². The van der Waals surface area contributed by atoms with Crippen molar-refractivity contribution in [3.05, 3.63) is 36.4 Å². The van der Waals surface area contributed by atoms with Crippen molar-refractivity contribution in [1.82, 2.24) is 0 Å². The number of hydrogen-bond donors (Lipinski definition) is 0. The van der Waals surface area contributed by atoms with Crippen molar-refractivity contribution >= 4 is 11.8 Å². The topological polar surface area (TPSA) is 61.8 Å². The third-order valence-corrected chi connectivity index (χ3v) is 2.51. The molecule has 11 heteroatoms. The molecule has 1 aromatic carbocycles. The van der Waals surface area contributed by atoms with Gasteiger partial charge in [-0.25, -0.2) is 4.79 Å². The molecular weight excluding hydrogens is 374 g/mol. The highest BCUT2D eigenvalue weighted by Gasteiger charge is 2.31. The monoisotopic (exact) mass is 386 g/mol. The molecule has 5 nitrogen and oxygen atoms in total. The maximum atomic E-state index is 12.3.